The minimum Gasteiger partial charge on any atom is -0.353 e. The molecule has 0 aliphatic rings. The third-order valence-electron chi connectivity index (χ3n) is 2.16. The minimum absolute atomic E-state index is 0.411. The van der Waals surface area contributed by atoms with Crippen LogP contribution < -0.4 is 5.32 Å². The molecule has 4 heteroatoms. The molecule has 0 bridgehead atoms. The standard InChI is InChI=1S/C12H10N4/c1-9-12(3-2-6-14-9)16-11-5-4-10(7-13)15-8-11/h2-6,8,16H,1H3. The lowest BCUT2D eigenvalue weighted by Crippen LogP contribution is -1.95. The van der Waals surface area contributed by atoms with Crippen molar-refractivity contribution in [1.82, 2.24) is 9.97 Å². The summed E-state index contributed by atoms with van der Waals surface area (Å²) < 4.78 is 0. The molecular formula is C12H10N4. The van der Waals surface area contributed by atoms with Gasteiger partial charge in [0.15, 0.2) is 0 Å². The Balaban J connectivity index is 2.22. The number of hydrogen-bond acceptors (Lipinski definition) is 4. The van der Waals surface area contributed by atoms with Crippen LogP contribution in [0.15, 0.2) is 36.7 Å². The molecule has 0 fully saturated rings. The van der Waals surface area contributed by atoms with E-state index in [1.807, 2.05) is 31.2 Å². The molecule has 2 aromatic rings. The number of nitrogens with zero attached hydrogens (tertiary/aromatic N) is 3. The molecule has 0 unspecified atom stereocenters. The lowest BCUT2D eigenvalue weighted by atomic mass is 10.3. The van der Waals surface area contributed by atoms with E-state index in [0.717, 1.165) is 17.1 Å². The van der Waals surface area contributed by atoms with Crippen molar-refractivity contribution in [2.75, 3.05) is 5.32 Å². The maximum Gasteiger partial charge on any atom is 0.140 e. The Hall–Kier alpha value is -2.41. The van der Waals surface area contributed by atoms with Crippen LogP contribution in [0.1, 0.15) is 11.4 Å². The number of rotatable bonds is 2. The lowest BCUT2D eigenvalue weighted by molar-refractivity contribution is 1.19. The highest BCUT2D eigenvalue weighted by atomic mass is 14.9. The van der Waals surface area contributed by atoms with Crippen LogP contribution in [-0.2, 0) is 0 Å². The summed E-state index contributed by atoms with van der Waals surface area (Å²) in [6.07, 6.45) is 3.38. The first kappa shape index (κ1) is 10.1. The first-order valence-electron chi connectivity index (χ1n) is 4.84. The zero-order valence-corrected chi connectivity index (χ0v) is 8.81. The number of aryl methyl sites for hydroxylation is 1. The van der Waals surface area contributed by atoms with Crippen LogP contribution in [0.5, 0.6) is 0 Å². The van der Waals surface area contributed by atoms with E-state index in [0.29, 0.717) is 5.69 Å². The Morgan fingerprint density at radius 1 is 1.25 bits per heavy atom. The predicted molar refractivity (Wildman–Crippen MR) is 61.2 cm³/mol. The molecule has 4 nitrogen and oxygen atoms in total. The fraction of sp³-hybridized carbons (Fsp3) is 0.0833. The maximum atomic E-state index is 8.62. The van der Waals surface area contributed by atoms with E-state index >= 15 is 0 Å². The van der Waals surface area contributed by atoms with E-state index in [1.54, 1.807) is 18.5 Å². The van der Waals surface area contributed by atoms with Gasteiger partial charge in [-0.05, 0) is 31.2 Å². The summed E-state index contributed by atoms with van der Waals surface area (Å²) in [6, 6.07) is 9.28. The smallest absolute Gasteiger partial charge is 0.140 e. The summed E-state index contributed by atoms with van der Waals surface area (Å²) in [6.45, 7) is 1.93. The van der Waals surface area contributed by atoms with Gasteiger partial charge in [-0.2, -0.15) is 5.26 Å². The van der Waals surface area contributed by atoms with Crippen LogP contribution in [-0.4, -0.2) is 9.97 Å². The molecule has 16 heavy (non-hydrogen) atoms. The van der Waals surface area contributed by atoms with Gasteiger partial charge in [0.05, 0.1) is 23.3 Å². The second-order valence-electron chi connectivity index (χ2n) is 3.31. The molecule has 0 aromatic carbocycles. The van der Waals surface area contributed by atoms with E-state index in [2.05, 4.69) is 15.3 Å². The molecule has 0 saturated carbocycles. The zero-order valence-electron chi connectivity index (χ0n) is 8.81. The normalized spacial score (nSPS) is 9.50. The Morgan fingerprint density at radius 3 is 2.75 bits per heavy atom. The van der Waals surface area contributed by atoms with Crippen molar-refractivity contribution in [3.05, 3.63) is 48.0 Å². The second-order valence-corrected chi connectivity index (χ2v) is 3.31. The summed E-state index contributed by atoms with van der Waals surface area (Å²) in [4.78, 5) is 8.15. The number of nitriles is 1. The third kappa shape index (κ3) is 2.15. The van der Waals surface area contributed by atoms with Crippen LogP contribution in [0.25, 0.3) is 0 Å². The molecule has 2 heterocycles. The second kappa shape index (κ2) is 4.41. The molecule has 78 valence electrons. The molecule has 0 aliphatic carbocycles. The average molecular weight is 210 g/mol. The topological polar surface area (TPSA) is 61.6 Å². The van der Waals surface area contributed by atoms with Crippen LogP contribution >= 0.6 is 0 Å². The fourth-order valence-electron chi connectivity index (χ4n) is 1.31. The van der Waals surface area contributed by atoms with Crippen molar-refractivity contribution in [3.8, 4) is 6.07 Å². The van der Waals surface area contributed by atoms with Crippen LogP contribution in [0.2, 0.25) is 0 Å². The number of anilines is 2. The molecular weight excluding hydrogens is 200 g/mol. The van der Waals surface area contributed by atoms with E-state index in [9.17, 15) is 0 Å². The van der Waals surface area contributed by atoms with Gasteiger partial charge in [-0.3, -0.25) is 4.98 Å². The Labute approximate surface area is 93.6 Å². The Bertz CT molecular complexity index is 525. The monoisotopic (exact) mass is 210 g/mol. The molecule has 0 saturated heterocycles. The maximum absolute atomic E-state index is 8.62. The summed E-state index contributed by atoms with van der Waals surface area (Å²) in [5, 5.41) is 11.8. The van der Waals surface area contributed by atoms with Gasteiger partial charge >= 0.3 is 0 Å². The molecule has 2 rings (SSSR count). The van der Waals surface area contributed by atoms with E-state index in [-0.39, 0.29) is 0 Å². The predicted octanol–water partition coefficient (Wildman–Crippen LogP) is 2.40. The van der Waals surface area contributed by atoms with E-state index in [4.69, 9.17) is 5.26 Å². The quantitative estimate of drug-likeness (QED) is 0.826. The van der Waals surface area contributed by atoms with Crippen molar-refractivity contribution in [1.29, 1.82) is 5.26 Å². The lowest BCUT2D eigenvalue weighted by Gasteiger charge is -2.07. The van der Waals surface area contributed by atoms with Gasteiger partial charge < -0.3 is 5.32 Å². The van der Waals surface area contributed by atoms with Crippen molar-refractivity contribution >= 4 is 11.4 Å². The Morgan fingerprint density at radius 2 is 2.12 bits per heavy atom. The van der Waals surface area contributed by atoms with Gasteiger partial charge in [0.1, 0.15) is 11.8 Å². The van der Waals surface area contributed by atoms with Crippen molar-refractivity contribution in [2.24, 2.45) is 0 Å². The molecule has 0 aliphatic heterocycles. The molecule has 0 amide bonds. The zero-order chi connectivity index (χ0) is 11.4. The SMILES string of the molecule is Cc1ncccc1Nc1ccc(C#N)nc1. The van der Waals surface area contributed by atoms with Gasteiger partial charge in [0, 0.05) is 6.20 Å². The van der Waals surface area contributed by atoms with Crippen molar-refractivity contribution in [3.63, 3.8) is 0 Å². The third-order valence-corrected chi connectivity index (χ3v) is 2.16. The number of pyridine rings is 2. The van der Waals surface area contributed by atoms with Gasteiger partial charge in [-0.1, -0.05) is 0 Å². The highest BCUT2D eigenvalue weighted by molar-refractivity contribution is 5.60. The number of hydrogen-bond donors (Lipinski definition) is 1. The minimum atomic E-state index is 0.411. The van der Waals surface area contributed by atoms with Crippen LogP contribution in [0.4, 0.5) is 11.4 Å². The molecule has 1 N–H and O–H groups in total. The summed E-state index contributed by atoms with van der Waals surface area (Å²) in [5.41, 5.74) is 3.12. The van der Waals surface area contributed by atoms with Crippen LogP contribution in [0, 0.1) is 18.3 Å². The molecule has 0 spiro atoms. The molecule has 2 aromatic heterocycles. The first-order chi connectivity index (χ1) is 7.79. The molecule has 0 atom stereocenters. The van der Waals surface area contributed by atoms with E-state index < -0.39 is 0 Å². The van der Waals surface area contributed by atoms with E-state index in [1.165, 1.54) is 0 Å². The number of aromatic nitrogens is 2. The van der Waals surface area contributed by atoms with Gasteiger partial charge in [-0.15, -0.1) is 0 Å². The number of nitrogens with one attached hydrogen (secondary N) is 1. The highest BCUT2D eigenvalue weighted by Gasteiger charge is 1.99. The Kier molecular flexibility index (Phi) is 2.79. The summed E-state index contributed by atoms with van der Waals surface area (Å²) in [5.74, 6) is 0. The summed E-state index contributed by atoms with van der Waals surface area (Å²) in [7, 11) is 0. The van der Waals surface area contributed by atoms with Crippen molar-refractivity contribution < 1.29 is 0 Å². The van der Waals surface area contributed by atoms with Crippen molar-refractivity contribution in [2.45, 2.75) is 6.92 Å². The average Bonchev–Trinajstić information content (AvgIpc) is 2.33. The first-order valence-corrected chi connectivity index (χ1v) is 4.84. The van der Waals surface area contributed by atoms with Crippen LogP contribution in [0.3, 0.4) is 0 Å². The van der Waals surface area contributed by atoms with Gasteiger partial charge in [0.25, 0.3) is 0 Å². The summed E-state index contributed by atoms with van der Waals surface area (Å²) >= 11 is 0. The molecule has 0 radical (unpaired) electrons. The fourth-order valence-corrected chi connectivity index (χ4v) is 1.31. The highest BCUT2D eigenvalue weighted by Crippen LogP contribution is 2.17. The van der Waals surface area contributed by atoms with Gasteiger partial charge in [-0.25, -0.2) is 4.98 Å². The largest absolute Gasteiger partial charge is 0.353 e. The van der Waals surface area contributed by atoms with Gasteiger partial charge in [0.2, 0.25) is 0 Å².